The van der Waals surface area contributed by atoms with Crippen LogP contribution in [0.5, 0.6) is 5.75 Å². The van der Waals surface area contributed by atoms with Crippen LogP contribution < -0.4 is 10.1 Å². The zero-order valence-electron chi connectivity index (χ0n) is 11.5. The number of aromatic carboxylic acids is 1. The number of hydrogen-bond acceptors (Lipinski definition) is 5. The molecule has 0 radical (unpaired) electrons. The predicted molar refractivity (Wildman–Crippen MR) is 73.4 cm³/mol. The number of nitrogens with one attached hydrogen (secondary N) is 1. The molecule has 1 aromatic rings. The van der Waals surface area contributed by atoms with Gasteiger partial charge in [0.15, 0.2) is 0 Å². The SMILES string of the molecule is CC(=O)Oc1ccccc1C(=O)O.O=C(O)[C@@H]1CCCN1. The highest BCUT2D eigenvalue weighted by atomic mass is 16.5. The van der Waals surface area contributed by atoms with Crippen LogP contribution in [-0.2, 0) is 9.59 Å². The molecule has 1 fully saturated rings. The topological polar surface area (TPSA) is 113 Å². The quantitative estimate of drug-likeness (QED) is 0.566. The molecule has 0 amide bonds. The van der Waals surface area contributed by atoms with E-state index in [2.05, 4.69) is 10.1 Å². The maximum Gasteiger partial charge on any atom is 0.339 e. The highest BCUT2D eigenvalue weighted by Gasteiger charge is 2.20. The first-order chi connectivity index (χ1) is 9.91. The van der Waals surface area contributed by atoms with E-state index in [-0.39, 0.29) is 17.4 Å². The molecule has 7 heteroatoms. The molecule has 1 atom stereocenters. The van der Waals surface area contributed by atoms with Crippen molar-refractivity contribution in [1.82, 2.24) is 5.32 Å². The van der Waals surface area contributed by atoms with Crippen LogP contribution in [0, 0.1) is 0 Å². The number of carboxylic acids is 2. The van der Waals surface area contributed by atoms with E-state index < -0.39 is 17.9 Å². The number of benzene rings is 1. The largest absolute Gasteiger partial charge is 0.480 e. The van der Waals surface area contributed by atoms with Gasteiger partial charge in [-0.2, -0.15) is 0 Å². The van der Waals surface area contributed by atoms with Crippen LogP contribution in [0.2, 0.25) is 0 Å². The minimum absolute atomic E-state index is 0.0160. The first-order valence-corrected chi connectivity index (χ1v) is 6.38. The van der Waals surface area contributed by atoms with Gasteiger partial charge in [-0.05, 0) is 31.5 Å². The normalized spacial score (nSPS) is 16.5. The van der Waals surface area contributed by atoms with Gasteiger partial charge >= 0.3 is 17.9 Å². The fourth-order valence-electron chi connectivity index (χ4n) is 1.78. The van der Waals surface area contributed by atoms with Gasteiger partial charge in [0.2, 0.25) is 0 Å². The van der Waals surface area contributed by atoms with Crippen molar-refractivity contribution in [2.24, 2.45) is 0 Å². The number of carbonyl (C=O) groups excluding carboxylic acids is 1. The molecule has 21 heavy (non-hydrogen) atoms. The van der Waals surface area contributed by atoms with Crippen LogP contribution in [0.15, 0.2) is 24.3 Å². The minimum Gasteiger partial charge on any atom is -0.480 e. The Morgan fingerprint density at radius 2 is 1.90 bits per heavy atom. The molecule has 7 nitrogen and oxygen atoms in total. The van der Waals surface area contributed by atoms with Crippen molar-refractivity contribution in [2.45, 2.75) is 25.8 Å². The lowest BCUT2D eigenvalue weighted by Crippen LogP contribution is -2.29. The molecule has 0 aliphatic carbocycles. The summed E-state index contributed by atoms with van der Waals surface area (Å²) in [7, 11) is 0. The molecular weight excluding hydrogens is 278 g/mol. The average molecular weight is 295 g/mol. The Kier molecular flexibility index (Phi) is 6.35. The van der Waals surface area contributed by atoms with Gasteiger partial charge in [0.1, 0.15) is 17.4 Å². The van der Waals surface area contributed by atoms with Gasteiger partial charge in [-0.1, -0.05) is 12.1 Å². The Morgan fingerprint density at radius 3 is 2.33 bits per heavy atom. The summed E-state index contributed by atoms with van der Waals surface area (Å²) in [5, 5.41) is 19.9. The third-order valence-corrected chi connectivity index (χ3v) is 2.73. The predicted octanol–water partition coefficient (Wildman–Crippen LogP) is 1.13. The van der Waals surface area contributed by atoms with Gasteiger partial charge in [0.05, 0.1) is 0 Å². The van der Waals surface area contributed by atoms with Crippen molar-refractivity contribution in [3.8, 4) is 5.75 Å². The van der Waals surface area contributed by atoms with Crippen molar-refractivity contribution >= 4 is 17.9 Å². The number of rotatable bonds is 3. The zero-order valence-corrected chi connectivity index (χ0v) is 11.5. The second-order valence-corrected chi connectivity index (χ2v) is 4.38. The summed E-state index contributed by atoms with van der Waals surface area (Å²) in [5.41, 5.74) is -0.0160. The molecule has 0 saturated carbocycles. The van der Waals surface area contributed by atoms with Crippen LogP contribution in [0.4, 0.5) is 0 Å². The molecule has 0 bridgehead atoms. The Morgan fingerprint density at radius 1 is 1.24 bits per heavy atom. The van der Waals surface area contributed by atoms with E-state index in [4.69, 9.17) is 10.2 Å². The maximum absolute atomic E-state index is 10.6. The van der Waals surface area contributed by atoms with Gasteiger partial charge in [0, 0.05) is 6.92 Å². The molecular formula is C14H17NO6. The maximum atomic E-state index is 10.6. The van der Waals surface area contributed by atoms with Crippen LogP contribution >= 0.6 is 0 Å². The fourth-order valence-corrected chi connectivity index (χ4v) is 1.78. The lowest BCUT2D eigenvalue weighted by molar-refractivity contribution is -0.139. The summed E-state index contributed by atoms with van der Waals surface area (Å²) in [6, 6.07) is 5.71. The Bertz CT molecular complexity index is 522. The second-order valence-electron chi connectivity index (χ2n) is 4.38. The third-order valence-electron chi connectivity index (χ3n) is 2.73. The van der Waals surface area contributed by atoms with Crippen LogP contribution in [0.3, 0.4) is 0 Å². The van der Waals surface area contributed by atoms with Crippen molar-refractivity contribution < 1.29 is 29.3 Å². The number of para-hydroxylation sites is 1. The second kappa shape index (κ2) is 8.01. The van der Waals surface area contributed by atoms with Gasteiger partial charge in [-0.3, -0.25) is 9.59 Å². The molecule has 1 saturated heterocycles. The molecule has 1 heterocycles. The van der Waals surface area contributed by atoms with E-state index in [0.717, 1.165) is 19.4 Å². The summed E-state index contributed by atoms with van der Waals surface area (Å²) in [5.74, 6) is -2.30. The number of aliphatic carboxylic acids is 1. The number of carboxylic acid groups (broad SMARTS) is 2. The molecule has 1 aromatic carbocycles. The van der Waals surface area contributed by atoms with E-state index in [0.29, 0.717) is 0 Å². The Hall–Kier alpha value is -2.41. The first kappa shape index (κ1) is 16.6. The van der Waals surface area contributed by atoms with Crippen molar-refractivity contribution in [3.63, 3.8) is 0 Å². The van der Waals surface area contributed by atoms with Gasteiger partial charge in [-0.15, -0.1) is 0 Å². The molecule has 114 valence electrons. The summed E-state index contributed by atoms with van der Waals surface area (Å²) in [6.07, 6.45) is 1.78. The third kappa shape index (κ3) is 5.62. The lowest BCUT2D eigenvalue weighted by atomic mass is 10.2. The summed E-state index contributed by atoms with van der Waals surface area (Å²) in [6.45, 7) is 2.08. The van der Waals surface area contributed by atoms with Crippen molar-refractivity contribution in [3.05, 3.63) is 29.8 Å². The minimum atomic E-state index is -1.11. The number of esters is 1. The van der Waals surface area contributed by atoms with Crippen molar-refractivity contribution in [1.29, 1.82) is 0 Å². The van der Waals surface area contributed by atoms with E-state index in [9.17, 15) is 14.4 Å². The lowest BCUT2D eigenvalue weighted by Gasteiger charge is -2.03. The summed E-state index contributed by atoms with van der Waals surface area (Å²) < 4.78 is 4.69. The fraction of sp³-hybridized carbons (Fsp3) is 0.357. The highest BCUT2D eigenvalue weighted by Crippen LogP contribution is 2.17. The monoisotopic (exact) mass is 295 g/mol. The Labute approximate surface area is 121 Å². The number of carbonyl (C=O) groups is 3. The zero-order chi connectivity index (χ0) is 15.8. The van der Waals surface area contributed by atoms with Crippen molar-refractivity contribution in [2.75, 3.05) is 6.54 Å². The van der Waals surface area contributed by atoms with E-state index in [1.165, 1.54) is 19.1 Å². The van der Waals surface area contributed by atoms with Crippen LogP contribution in [0.1, 0.15) is 30.1 Å². The average Bonchev–Trinajstić information content (AvgIpc) is 2.93. The molecule has 1 aliphatic heterocycles. The smallest absolute Gasteiger partial charge is 0.339 e. The van der Waals surface area contributed by atoms with Crippen LogP contribution in [0.25, 0.3) is 0 Å². The highest BCUT2D eigenvalue weighted by molar-refractivity contribution is 5.91. The molecule has 2 rings (SSSR count). The molecule has 1 aliphatic rings. The number of hydrogen-bond donors (Lipinski definition) is 3. The van der Waals surface area contributed by atoms with E-state index in [1.54, 1.807) is 12.1 Å². The molecule has 0 spiro atoms. The van der Waals surface area contributed by atoms with Gasteiger partial charge in [0.25, 0.3) is 0 Å². The van der Waals surface area contributed by atoms with Gasteiger partial charge < -0.3 is 20.3 Å². The molecule has 0 aromatic heterocycles. The molecule has 0 unspecified atom stereocenters. The molecule has 3 N–H and O–H groups in total. The standard InChI is InChI=1S/C9H8O4.C5H9NO2/c1-6(10)13-8-5-3-2-4-7(8)9(11)12;7-5(8)4-2-1-3-6-4/h2-5H,1H3,(H,11,12);4,6H,1-3H2,(H,7,8)/t;4-/m.0/s1. The first-order valence-electron chi connectivity index (χ1n) is 6.38. The summed E-state index contributed by atoms with van der Waals surface area (Å²) >= 11 is 0. The summed E-state index contributed by atoms with van der Waals surface area (Å²) in [4.78, 5) is 31.3. The number of ether oxygens (including phenoxy) is 1. The van der Waals surface area contributed by atoms with E-state index in [1.807, 2.05) is 0 Å². The van der Waals surface area contributed by atoms with E-state index >= 15 is 0 Å². The van der Waals surface area contributed by atoms with Gasteiger partial charge in [-0.25, -0.2) is 4.79 Å². The Balaban J connectivity index is 0.000000235. The van der Waals surface area contributed by atoms with Crippen LogP contribution in [-0.4, -0.2) is 40.7 Å².